The first-order valence-corrected chi connectivity index (χ1v) is 7.57. The molecule has 4 nitrogen and oxygen atoms in total. The monoisotopic (exact) mass is 303 g/mol. The van der Waals surface area contributed by atoms with Crippen molar-refractivity contribution in [3.05, 3.63) is 46.6 Å². The molecule has 5 heteroatoms. The molecule has 0 saturated carbocycles. The number of imidazole rings is 1. The SMILES string of the molecule is Cc1ccc2nc(CCCl)n(Cc3c(C)noc3C)c2c1. The third kappa shape index (κ3) is 2.56. The summed E-state index contributed by atoms with van der Waals surface area (Å²) in [6, 6.07) is 6.31. The van der Waals surface area contributed by atoms with Crippen molar-refractivity contribution in [1.82, 2.24) is 14.7 Å². The van der Waals surface area contributed by atoms with Gasteiger partial charge in [0.1, 0.15) is 11.6 Å². The van der Waals surface area contributed by atoms with E-state index in [1.807, 2.05) is 13.8 Å². The number of rotatable bonds is 4. The van der Waals surface area contributed by atoms with Crippen molar-refractivity contribution in [2.24, 2.45) is 0 Å². The number of fused-ring (bicyclic) bond motifs is 1. The fraction of sp³-hybridized carbons (Fsp3) is 0.375. The molecule has 1 aromatic carbocycles. The molecule has 3 rings (SSSR count). The van der Waals surface area contributed by atoms with Crippen molar-refractivity contribution in [3.63, 3.8) is 0 Å². The van der Waals surface area contributed by atoms with Gasteiger partial charge in [0.15, 0.2) is 0 Å². The van der Waals surface area contributed by atoms with Gasteiger partial charge in [0.25, 0.3) is 0 Å². The minimum absolute atomic E-state index is 0.559. The highest BCUT2D eigenvalue weighted by Crippen LogP contribution is 2.22. The molecule has 21 heavy (non-hydrogen) atoms. The maximum absolute atomic E-state index is 5.93. The topological polar surface area (TPSA) is 43.9 Å². The number of aryl methyl sites for hydroxylation is 4. The lowest BCUT2D eigenvalue weighted by atomic mass is 10.2. The summed E-state index contributed by atoms with van der Waals surface area (Å²) in [5.41, 5.74) is 5.41. The van der Waals surface area contributed by atoms with Crippen LogP contribution < -0.4 is 0 Å². The van der Waals surface area contributed by atoms with E-state index in [4.69, 9.17) is 21.1 Å². The second-order valence-electron chi connectivity index (χ2n) is 5.35. The van der Waals surface area contributed by atoms with E-state index in [-0.39, 0.29) is 0 Å². The van der Waals surface area contributed by atoms with Crippen LogP contribution in [0.4, 0.5) is 0 Å². The van der Waals surface area contributed by atoms with Gasteiger partial charge in [0.2, 0.25) is 0 Å². The Morgan fingerprint density at radius 3 is 2.71 bits per heavy atom. The van der Waals surface area contributed by atoms with Crippen molar-refractivity contribution in [1.29, 1.82) is 0 Å². The Morgan fingerprint density at radius 2 is 2.05 bits per heavy atom. The van der Waals surface area contributed by atoms with Crippen LogP contribution >= 0.6 is 11.6 Å². The molecule has 0 bridgehead atoms. The van der Waals surface area contributed by atoms with Crippen molar-refractivity contribution in [3.8, 4) is 0 Å². The number of hydrogen-bond acceptors (Lipinski definition) is 3. The summed E-state index contributed by atoms with van der Waals surface area (Å²) in [5.74, 6) is 2.42. The number of benzene rings is 1. The Hall–Kier alpha value is -1.81. The molecule has 0 aliphatic heterocycles. The Balaban J connectivity index is 2.14. The first-order valence-electron chi connectivity index (χ1n) is 7.03. The van der Waals surface area contributed by atoms with Crippen LogP contribution in [0.15, 0.2) is 22.7 Å². The van der Waals surface area contributed by atoms with Crippen LogP contribution in [-0.2, 0) is 13.0 Å². The van der Waals surface area contributed by atoms with Gasteiger partial charge in [-0.1, -0.05) is 11.2 Å². The van der Waals surface area contributed by atoms with Crippen molar-refractivity contribution < 1.29 is 4.52 Å². The molecule has 0 aliphatic carbocycles. The van der Waals surface area contributed by atoms with Crippen LogP contribution in [0.5, 0.6) is 0 Å². The van der Waals surface area contributed by atoms with E-state index in [0.29, 0.717) is 12.4 Å². The molecule has 0 atom stereocenters. The molecular weight excluding hydrogens is 286 g/mol. The minimum atomic E-state index is 0.559. The van der Waals surface area contributed by atoms with Gasteiger partial charge in [-0.3, -0.25) is 0 Å². The van der Waals surface area contributed by atoms with E-state index in [9.17, 15) is 0 Å². The normalized spacial score (nSPS) is 11.4. The highest BCUT2D eigenvalue weighted by Gasteiger charge is 2.15. The first kappa shape index (κ1) is 14.1. The van der Waals surface area contributed by atoms with Crippen LogP contribution in [-0.4, -0.2) is 20.6 Å². The van der Waals surface area contributed by atoms with Gasteiger partial charge in [-0.25, -0.2) is 4.98 Å². The molecule has 0 spiro atoms. The predicted octanol–water partition coefficient (Wildman–Crippen LogP) is 3.78. The quantitative estimate of drug-likeness (QED) is 0.689. The van der Waals surface area contributed by atoms with E-state index in [0.717, 1.165) is 40.3 Å². The molecule has 0 amide bonds. The molecule has 2 aromatic heterocycles. The maximum Gasteiger partial charge on any atom is 0.138 e. The highest BCUT2D eigenvalue weighted by atomic mass is 35.5. The fourth-order valence-corrected chi connectivity index (χ4v) is 2.79. The number of halogens is 1. The van der Waals surface area contributed by atoms with Gasteiger partial charge in [0.05, 0.1) is 23.3 Å². The summed E-state index contributed by atoms with van der Waals surface area (Å²) in [7, 11) is 0. The van der Waals surface area contributed by atoms with E-state index < -0.39 is 0 Å². The largest absolute Gasteiger partial charge is 0.361 e. The summed E-state index contributed by atoms with van der Waals surface area (Å²) in [6.45, 7) is 6.72. The Morgan fingerprint density at radius 1 is 1.24 bits per heavy atom. The van der Waals surface area contributed by atoms with Gasteiger partial charge in [0, 0.05) is 17.9 Å². The minimum Gasteiger partial charge on any atom is -0.361 e. The third-order valence-electron chi connectivity index (χ3n) is 3.80. The number of hydrogen-bond donors (Lipinski definition) is 0. The summed E-state index contributed by atoms with van der Waals surface area (Å²) in [6.07, 6.45) is 0.749. The standard InChI is InChI=1S/C16H18ClN3O/c1-10-4-5-14-15(8-10)20(16(18-14)6-7-17)9-13-11(2)19-21-12(13)3/h4-5,8H,6-7,9H2,1-3H3. The molecular formula is C16H18ClN3O. The van der Waals surface area contributed by atoms with Crippen molar-refractivity contribution in [2.45, 2.75) is 33.7 Å². The lowest BCUT2D eigenvalue weighted by molar-refractivity contribution is 0.392. The van der Waals surface area contributed by atoms with Crippen molar-refractivity contribution in [2.75, 3.05) is 5.88 Å². The molecule has 0 saturated heterocycles. The van der Waals surface area contributed by atoms with Crippen LogP contribution in [0.25, 0.3) is 11.0 Å². The zero-order chi connectivity index (χ0) is 15.0. The summed E-state index contributed by atoms with van der Waals surface area (Å²) >= 11 is 5.93. The fourth-order valence-electron chi connectivity index (χ4n) is 2.62. The van der Waals surface area contributed by atoms with Gasteiger partial charge in [-0.2, -0.15) is 0 Å². The van der Waals surface area contributed by atoms with E-state index in [1.165, 1.54) is 5.56 Å². The lowest BCUT2D eigenvalue weighted by Crippen LogP contribution is -2.07. The van der Waals surface area contributed by atoms with E-state index in [1.54, 1.807) is 0 Å². The molecule has 110 valence electrons. The molecule has 0 N–H and O–H groups in total. The third-order valence-corrected chi connectivity index (χ3v) is 3.99. The van der Waals surface area contributed by atoms with Crippen LogP contribution in [0, 0.1) is 20.8 Å². The van der Waals surface area contributed by atoms with E-state index >= 15 is 0 Å². The average molecular weight is 304 g/mol. The van der Waals surface area contributed by atoms with E-state index in [2.05, 4.69) is 34.8 Å². The molecule has 0 fully saturated rings. The van der Waals surface area contributed by atoms with Crippen LogP contribution in [0.2, 0.25) is 0 Å². The second-order valence-corrected chi connectivity index (χ2v) is 5.73. The Labute approximate surface area is 128 Å². The van der Waals surface area contributed by atoms with Gasteiger partial charge >= 0.3 is 0 Å². The second kappa shape index (κ2) is 5.53. The first-order chi connectivity index (χ1) is 10.1. The number of nitrogens with zero attached hydrogens (tertiary/aromatic N) is 3. The zero-order valence-electron chi connectivity index (χ0n) is 12.5. The van der Waals surface area contributed by atoms with Crippen LogP contribution in [0.1, 0.15) is 28.4 Å². The highest BCUT2D eigenvalue weighted by molar-refractivity contribution is 6.17. The Kier molecular flexibility index (Phi) is 3.72. The van der Waals surface area contributed by atoms with Gasteiger partial charge < -0.3 is 9.09 Å². The average Bonchev–Trinajstić information content (AvgIpc) is 2.94. The molecule has 2 heterocycles. The molecule has 3 aromatic rings. The number of aromatic nitrogens is 3. The smallest absolute Gasteiger partial charge is 0.138 e. The molecule has 0 aliphatic rings. The summed E-state index contributed by atoms with van der Waals surface area (Å²) in [4.78, 5) is 4.71. The maximum atomic E-state index is 5.93. The van der Waals surface area contributed by atoms with Crippen molar-refractivity contribution >= 4 is 22.6 Å². The summed E-state index contributed by atoms with van der Waals surface area (Å²) < 4.78 is 7.49. The van der Waals surface area contributed by atoms with Gasteiger partial charge in [-0.15, -0.1) is 11.6 Å². The predicted molar refractivity (Wildman–Crippen MR) is 84.0 cm³/mol. The van der Waals surface area contributed by atoms with Crippen LogP contribution in [0.3, 0.4) is 0 Å². The zero-order valence-corrected chi connectivity index (χ0v) is 13.2. The summed E-state index contributed by atoms with van der Waals surface area (Å²) in [5, 5.41) is 4.04. The lowest BCUT2D eigenvalue weighted by Gasteiger charge is -2.08. The molecule has 0 unspecified atom stereocenters. The molecule has 0 radical (unpaired) electrons. The number of alkyl halides is 1. The van der Waals surface area contributed by atoms with Gasteiger partial charge in [-0.05, 0) is 38.5 Å². The Bertz CT molecular complexity index is 769.